The molecule has 0 unspecified atom stereocenters. The molecule has 0 amide bonds. The highest BCUT2D eigenvalue weighted by molar-refractivity contribution is 7.08. The maximum atomic E-state index is 13.7. The van der Waals surface area contributed by atoms with Gasteiger partial charge in [-0.2, -0.15) is 24.5 Å². The summed E-state index contributed by atoms with van der Waals surface area (Å²) in [6.07, 6.45) is -4.51. The zero-order valence-electron chi connectivity index (χ0n) is 12.6. The topological polar surface area (TPSA) is 15.3 Å². The summed E-state index contributed by atoms with van der Waals surface area (Å²) in [5.41, 5.74) is -0.0144. The van der Waals surface area contributed by atoms with Gasteiger partial charge in [0.1, 0.15) is 5.82 Å². The molecule has 1 aromatic heterocycles. The molecule has 0 bridgehead atoms. The van der Waals surface area contributed by atoms with Crippen LogP contribution in [-0.2, 0) is 6.18 Å². The van der Waals surface area contributed by atoms with Gasteiger partial charge in [-0.15, -0.1) is 12.4 Å². The molecule has 132 valence electrons. The van der Waals surface area contributed by atoms with Crippen LogP contribution >= 0.6 is 23.7 Å². The molecule has 0 saturated carbocycles. The first-order valence-electron chi connectivity index (χ1n) is 7.30. The molecule has 8 heteroatoms. The molecule has 0 aliphatic carbocycles. The number of alkyl halides is 3. The van der Waals surface area contributed by atoms with Crippen LogP contribution in [0.2, 0.25) is 0 Å². The summed E-state index contributed by atoms with van der Waals surface area (Å²) in [7, 11) is 0. The average Bonchev–Trinajstić information content (AvgIpc) is 3.01. The molecule has 24 heavy (non-hydrogen) atoms. The van der Waals surface area contributed by atoms with Crippen LogP contribution in [0.5, 0.6) is 0 Å². The molecule has 1 aliphatic heterocycles. The van der Waals surface area contributed by atoms with E-state index >= 15 is 0 Å². The summed E-state index contributed by atoms with van der Waals surface area (Å²) in [6, 6.07) is 3.95. The molecule has 0 radical (unpaired) electrons. The normalized spacial score (nSPS) is 17.3. The molecule has 2 heterocycles. The number of hydrogen-bond acceptors (Lipinski definition) is 3. The molecule has 1 aliphatic rings. The van der Waals surface area contributed by atoms with Crippen molar-refractivity contribution in [3.63, 3.8) is 0 Å². The highest BCUT2D eigenvalue weighted by Crippen LogP contribution is 2.40. The third-order valence-corrected chi connectivity index (χ3v) is 4.69. The third kappa shape index (κ3) is 4.08. The van der Waals surface area contributed by atoms with Crippen molar-refractivity contribution in [3.8, 4) is 0 Å². The van der Waals surface area contributed by atoms with Crippen LogP contribution < -0.4 is 5.32 Å². The van der Waals surface area contributed by atoms with Gasteiger partial charge < -0.3 is 5.32 Å². The minimum absolute atomic E-state index is 0. The van der Waals surface area contributed by atoms with Crippen LogP contribution in [0.25, 0.3) is 0 Å². The van der Waals surface area contributed by atoms with Gasteiger partial charge >= 0.3 is 6.18 Å². The Morgan fingerprint density at radius 1 is 1.12 bits per heavy atom. The van der Waals surface area contributed by atoms with E-state index in [-0.39, 0.29) is 18.0 Å². The van der Waals surface area contributed by atoms with E-state index in [4.69, 9.17) is 0 Å². The molecule has 3 rings (SSSR count). The first-order valence-corrected chi connectivity index (χ1v) is 8.24. The largest absolute Gasteiger partial charge is 0.416 e. The highest BCUT2D eigenvalue weighted by Gasteiger charge is 2.37. The molecule has 1 saturated heterocycles. The second kappa shape index (κ2) is 7.82. The lowest BCUT2D eigenvalue weighted by atomic mass is 9.93. The quantitative estimate of drug-likeness (QED) is 0.798. The van der Waals surface area contributed by atoms with E-state index in [1.165, 1.54) is 11.3 Å². The number of nitrogens with one attached hydrogen (secondary N) is 1. The molecule has 1 aromatic carbocycles. The average molecular weight is 381 g/mol. The van der Waals surface area contributed by atoms with E-state index in [0.29, 0.717) is 26.2 Å². The zero-order valence-corrected chi connectivity index (χ0v) is 14.3. The summed E-state index contributed by atoms with van der Waals surface area (Å²) in [4.78, 5) is 1.97. The number of halogens is 5. The van der Waals surface area contributed by atoms with Gasteiger partial charge in [0.2, 0.25) is 0 Å². The Balaban J connectivity index is 0.00000208. The van der Waals surface area contributed by atoms with Gasteiger partial charge in [0, 0.05) is 26.2 Å². The van der Waals surface area contributed by atoms with Crippen molar-refractivity contribution < 1.29 is 17.6 Å². The van der Waals surface area contributed by atoms with E-state index in [2.05, 4.69) is 5.32 Å². The second-order valence-corrected chi connectivity index (χ2v) is 6.25. The Morgan fingerprint density at radius 2 is 1.83 bits per heavy atom. The number of nitrogens with zero attached hydrogens (tertiary/aromatic N) is 1. The van der Waals surface area contributed by atoms with Crippen LogP contribution in [0.15, 0.2) is 35.0 Å². The van der Waals surface area contributed by atoms with Crippen molar-refractivity contribution in [2.45, 2.75) is 12.2 Å². The Kier molecular flexibility index (Phi) is 6.25. The minimum Gasteiger partial charge on any atom is -0.314 e. The van der Waals surface area contributed by atoms with E-state index in [1.54, 1.807) is 0 Å². The van der Waals surface area contributed by atoms with Crippen molar-refractivity contribution >= 4 is 23.7 Å². The van der Waals surface area contributed by atoms with Gasteiger partial charge in [-0.25, -0.2) is 4.39 Å². The first-order chi connectivity index (χ1) is 11.0. The molecule has 1 fully saturated rings. The summed E-state index contributed by atoms with van der Waals surface area (Å²) in [5, 5.41) is 6.85. The summed E-state index contributed by atoms with van der Waals surface area (Å²) in [6.45, 7) is 2.65. The summed E-state index contributed by atoms with van der Waals surface area (Å²) in [5.74, 6) is -0.650. The Morgan fingerprint density at radius 3 is 2.42 bits per heavy atom. The zero-order chi connectivity index (χ0) is 16.4. The van der Waals surface area contributed by atoms with E-state index in [9.17, 15) is 17.6 Å². The predicted octanol–water partition coefficient (Wildman–Crippen LogP) is 4.32. The van der Waals surface area contributed by atoms with E-state index in [1.807, 2.05) is 21.7 Å². The first kappa shape index (κ1) is 19.2. The van der Waals surface area contributed by atoms with Crippen LogP contribution in [0.3, 0.4) is 0 Å². The Hall–Kier alpha value is -1.15. The molecular weight excluding hydrogens is 364 g/mol. The molecule has 0 spiro atoms. The highest BCUT2D eigenvalue weighted by atomic mass is 35.5. The van der Waals surface area contributed by atoms with Gasteiger partial charge in [0.25, 0.3) is 0 Å². The molecule has 2 nitrogen and oxygen atoms in total. The lowest BCUT2D eigenvalue weighted by Crippen LogP contribution is -2.45. The van der Waals surface area contributed by atoms with Crippen molar-refractivity contribution in [3.05, 3.63) is 57.5 Å². The fraction of sp³-hybridized carbons (Fsp3) is 0.375. The van der Waals surface area contributed by atoms with Crippen LogP contribution in [-0.4, -0.2) is 31.1 Å². The lowest BCUT2D eigenvalue weighted by Gasteiger charge is -2.36. The van der Waals surface area contributed by atoms with Crippen molar-refractivity contribution in [2.75, 3.05) is 26.2 Å². The van der Waals surface area contributed by atoms with Gasteiger partial charge in [0.05, 0.1) is 11.6 Å². The van der Waals surface area contributed by atoms with Gasteiger partial charge in [-0.05, 0) is 46.2 Å². The summed E-state index contributed by atoms with van der Waals surface area (Å²) >= 11 is 1.43. The molecule has 1 N–H and O–H groups in total. The molecular formula is C16H17ClF4N2S. The smallest absolute Gasteiger partial charge is 0.314 e. The van der Waals surface area contributed by atoms with E-state index < -0.39 is 23.6 Å². The van der Waals surface area contributed by atoms with Crippen LogP contribution in [0.4, 0.5) is 17.6 Å². The van der Waals surface area contributed by atoms with Gasteiger partial charge in [0.15, 0.2) is 0 Å². The van der Waals surface area contributed by atoms with Crippen LogP contribution in [0, 0.1) is 5.82 Å². The maximum absolute atomic E-state index is 13.7. The Labute approximate surface area is 147 Å². The SMILES string of the molecule is Cl.Fc1ccc(C(F)(F)F)c([C@H](c2ccsc2)N2CCNCC2)c1. The number of benzene rings is 1. The molecule has 1 atom stereocenters. The molecule has 2 aromatic rings. The maximum Gasteiger partial charge on any atom is 0.416 e. The fourth-order valence-electron chi connectivity index (χ4n) is 2.98. The van der Waals surface area contributed by atoms with Crippen molar-refractivity contribution in [1.82, 2.24) is 10.2 Å². The third-order valence-electron chi connectivity index (χ3n) is 3.99. The second-order valence-electron chi connectivity index (χ2n) is 5.47. The number of thiophene rings is 1. The summed E-state index contributed by atoms with van der Waals surface area (Å²) < 4.78 is 53.9. The lowest BCUT2D eigenvalue weighted by molar-refractivity contribution is -0.138. The van der Waals surface area contributed by atoms with Gasteiger partial charge in [-0.1, -0.05) is 0 Å². The standard InChI is InChI=1S/C16H16F4N2S.ClH/c17-12-1-2-14(16(18,19)20)13(9-12)15(11-3-8-23-10-11)22-6-4-21-5-7-22;/h1-3,8-10,15,21H,4-7H2;1H/t15-;/m0./s1. The predicted molar refractivity (Wildman–Crippen MR) is 89.3 cm³/mol. The number of piperazine rings is 1. The number of hydrogen-bond donors (Lipinski definition) is 1. The number of rotatable bonds is 3. The minimum atomic E-state index is -4.51. The monoisotopic (exact) mass is 380 g/mol. The Bertz CT molecular complexity index is 655. The van der Waals surface area contributed by atoms with E-state index in [0.717, 1.165) is 23.8 Å². The fourth-order valence-corrected chi connectivity index (χ4v) is 3.65. The van der Waals surface area contributed by atoms with Crippen LogP contribution in [0.1, 0.15) is 22.7 Å². The van der Waals surface area contributed by atoms with Gasteiger partial charge in [-0.3, -0.25) is 4.90 Å². The van der Waals surface area contributed by atoms with Crippen molar-refractivity contribution in [1.29, 1.82) is 0 Å². The van der Waals surface area contributed by atoms with Crippen molar-refractivity contribution in [2.24, 2.45) is 0 Å².